The Labute approximate surface area is 108 Å². The van der Waals surface area contributed by atoms with E-state index >= 15 is 0 Å². The second-order valence-corrected chi connectivity index (χ2v) is 6.58. The molecule has 0 radical (unpaired) electrons. The van der Waals surface area contributed by atoms with Crippen molar-refractivity contribution in [3.8, 4) is 5.88 Å². The van der Waals surface area contributed by atoms with Crippen molar-refractivity contribution in [1.29, 1.82) is 0 Å². The average molecular weight is 270 g/mol. The average Bonchev–Trinajstić information content (AvgIpc) is 2.39. The Morgan fingerprint density at radius 1 is 1.44 bits per heavy atom. The number of hydrogen-bond acceptors (Lipinski definition) is 4. The van der Waals surface area contributed by atoms with Crippen LogP contribution in [0.1, 0.15) is 19.8 Å². The van der Waals surface area contributed by atoms with Crippen LogP contribution in [0.15, 0.2) is 23.2 Å². The van der Waals surface area contributed by atoms with Gasteiger partial charge < -0.3 is 4.74 Å². The second-order valence-electron chi connectivity index (χ2n) is 4.65. The first-order chi connectivity index (χ1) is 8.54. The lowest BCUT2D eigenvalue weighted by Gasteiger charge is -2.29. The van der Waals surface area contributed by atoms with Crippen LogP contribution in [0.2, 0.25) is 0 Å². The van der Waals surface area contributed by atoms with Crippen LogP contribution >= 0.6 is 0 Å². The molecule has 1 aliphatic rings. The minimum atomic E-state index is -3.40. The Balaban J connectivity index is 2.23. The van der Waals surface area contributed by atoms with Gasteiger partial charge in [-0.25, -0.2) is 13.4 Å². The van der Waals surface area contributed by atoms with Gasteiger partial charge in [-0.2, -0.15) is 4.31 Å². The Hall–Kier alpha value is -1.14. The molecule has 1 unspecified atom stereocenters. The number of rotatable bonds is 3. The molecule has 1 aromatic heterocycles. The molecule has 0 aromatic carbocycles. The van der Waals surface area contributed by atoms with Crippen LogP contribution in [0, 0.1) is 5.92 Å². The number of hydrogen-bond donors (Lipinski definition) is 0. The number of sulfonamides is 1. The molecule has 1 atom stereocenters. The van der Waals surface area contributed by atoms with E-state index in [0.29, 0.717) is 24.9 Å². The summed E-state index contributed by atoms with van der Waals surface area (Å²) in [5.74, 6) is 0.834. The lowest BCUT2D eigenvalue weighted by atomic mass is 10.0. The van der Waals surface area contributed by atoms with Crippen LogP contribution in [0.4, 0.5) is 0 Å². The van der Waals surface area contributed by atoms with Gasteiger partial charge in [0.15, 0.2) is 0 Å². The minimum absolute atomic E-state index is 0.234. The quantitative estimate of drug-likeness (QED) is 0.835. The fraction of sp³-hybridized carbons (Fsp3) is 0.583. The van der Waals surface area contributed by atoms with Crippen molar-refractivity contribution < 1.29 is 13.2 Å². The lowest BCUT2D eigenvalue weighted by molar-refractivity contribution is 0.281. The zero-order valence-corrected chi connectivity index (χ0v) is 11.5. The molecule has 2 heterocycles. The molecular weight excluding hydrogens is 252 g/mol. The summed E-state index contributed by atoms with van der Waals surface area (Å²) in [6, 6.07) is 3.11. The van der Waals surface area contributed by atoms with E-state index in [2.05, 4.69) is 11.9 Å². The van der Waals surface area contributed by atoms with E-state index in [-0.39, 0.29) is 4.90 Å². The van der Waals surface area contributed by atoms with Crippen LogP contribution in [-0.4, -0.2) is 37.9 Å². The molecular formula is C12H18N2O3S. The van der Waals surface area contributed by atoms with E-state index in [9.17, 15) is 8.42 Å². The minimum Gasteiger partial charge on any atom is -0.481 e. The second kappa shape index (κ2) is 5.24. The number of aromatic nitrogens is 1. The first-order valence-corrected chi connectivity index (χ1v) is 7.48. The first kappa shape index (κ1) is 13.3. The monoisotopic (exact) mass is 270 g/mol. The number of ether oxygens (including phenoxy) is 1. The highest BCUT2D eigenvalue weighted by molar-refractivity contribution is 7.89. The van der Waals surface area contributed by atoms with Crippen molar-refractivity contribution in [3.63, 3.8) is 0 Å². The van der Waals surface area contributed by atoms with Crippen LogP contribution in [0.25, 0.3) is 0 Å². The van der Waals surface area contributed by atoms with Gasteiger partial charge >= 0.3 is 0 Å². The maximum absolute atomic E-state index is 12.4. The maximum atomic E-state index is 12.4. The molecule has 1 aliphatic heterocycles. The lowest BCUT2D eigenvalue weighted by Crippen LogP contribution is -2.39. The van der Waals surface area contributed by atoms with Crippen LogP contribution in [0.5, 0.6) is 5.88 Å². The van der Waals surface area contributed by atoms with Crippen molar-refractivity contribution in [2.24, 2.45) is 5.92 Å². The van der Waals surface area contributed by atoms with Crippen molar-refractivity contribution in [2.75, 3.05) is 20.2 Å². The summed E-state index contributed by atoms with van der Waals surface area (Å²) in [7, 11) is -1.90. The molecule has 0 saturated carbocycles. The molecule has 100 valence electrons. The third kappa shape index (κ3) is 2.64. The maximum Gasteiger partial charge on any atom is 0.244 e. The van der Waals surface area contributed by atoms with E-state index in [0.717, 1.165) is 12.8 Å². The van der Waals surface area contributed by atoms with Crippen LogP contribution in [0.3, 0.4) is 0 Å². The molecule has 1 aromatic rings. The van der Waals surface area contributed by atoms with Crippen LogP contribution in [-0.2, 0) is 10.0 Å². The van der Waals surface area contributed by atoms with E-state index in [1.807, 2.05) is 0 Å². The number of piperidine rings is 1. The van der Waals surface area contributed by atoms with Gasteiger partial charge in [0.1, 0.15) is 4.90 Å². The van der Waals surface area contributed by atoms with Crippen LogP contribution < -0.4 is 4.74 Å². The summed E-state index contributed by atoms with van der Waals surface area (Å²) < 4.78 is 31.2. The number of pyridine rings is 1. The standard InChI is InChI=1S/C12H18N2O3S/c1-10-4-3-7-14(9-10)18(15,16)11-5-6-12(17-2)13-8-11/h5-6,8,10H,3-4,7,9H2,1-2H3. The fourth-order valence-electron chi connectivity index (χ4n) is 2.15. The molecule has 2 rings (SSSR count). The summed E-state index contributed by atoms with van der Waals surface area (Å²) in [6.07, 6.45) is 3.37. The molecule has 18 heavy (non-hydrogen) atoms. The van der Waals surface area contributed by atoms with Crippen molar-refractivity contribution in [3.05, 3.63) is 18.3 Å². The zero-order chi connectivity index (χ0) is 13.2. The van der Waals surface area contributed by atoms with E-state index in [1.54, 1.807) is 16.4 Å². The normalized spacial score (nSPS) is 21.8. The van der Waals surface area contributed by atoms with Gasteiger partial charge in [-0.3, -0.25) is 0 Å². The molecule has 5 nitrogen and oxygen atoms in total. The highest BCUT2D eigenvalue weighted by atomic mass is 32.2. The number of methoxy groups -OCH3 is 1. The summed E-state index contributed by atoms with van der Waals surface area (Å²) in [4.78, 5) is 4.18. The number of nitrogens with zero attached hydrogens (tertiary/aromatic N) is 2. The zero-order valence-electron chi connectivity index (χ0n) is 10.7. The molecule has 1 saturated heterocycles. The van der Waals surface area contributed by atoms with Gasteiger partial charge in [0, 0.05) is 19.2 Å². The molecule has 0 spiro atoms. The topological polar surface area (TPSA) is 59.5 Å². The Morgan fingerprint density at radius 2 is 2.22 bits per heavy atom. The molecule has 1 fully saturated rings. The van der Waals surface area contributed by atoms with Crippen molar-refractivity contribution in [2.45, 2.75) is 24.7 Å². The van der Waals surface area contributed by atoms with E-state index in [4.69, 9.17) is 4.74 Å². The Morgan fingerprint density at radius 3 is 2.78 bits per heavy atom. The largest absolute Gasteiger partial charge is 0.481 e. The summed E-state index contributed by atoms with van der Waals surface area (Å²) in [5.41, 5.74) is 0. The first-order valence-electron chi connectivity index (χ1n) is 6.04. The van der Waals surface area contributed by atoms with Gasteiger partial charge in [-0.15, -0.1) is 0 Å². The fourth-order valence-corrected chi connectivity index (χ4v) is 3.70. The third-order valence-corrected chi connectivity index (χ3v) is 5.02. The highest BCUT2D eigenvalue weighted by Crippen LogP contribution is 2.23. The molecule has 6 heteroatoms. The van der Waals surface area contributed by atoms with Gasteiger partial charge in [-0.05, 0) is 24.8 Å². The van der Waals surface area contributed by atoms with E-state index in [1.165, 1.54) is 13.3 Å². The third-order valence-electron chi connectivity index (χ3n) is 3.18. The summed E-state index contributed by atoms with van der Waals surface area (Å²) in [5, 5.41) is 0. The van der Waals surface area contributed by atoms with Gasteiger partial charge in [0.2, 0.25) is 15.9 Å². The SMILES string of the molecule is COc1ccc(S(=O)(=O)N2CCCC(C)C2)cn1. The smallest absolute Gasteiger partial charge is 0.244 e. The Bertz CT molecular complexity index is 499. The predicted octanol–water partition coefficient (Wildman–Crippen LogP) is 1.51. The molecule has 0 N–H and O–H groups in total. The van der Waals surface area contributed by atoms with Gasteiger partial charge in [0.25, 0.3) is 0 Å². The predicted molar refractivity (Wildman–Crippen MR) is 67.9 cm³/mol. The van der Waals surface area contributed by atoms with Gasteiger partial charge in [-0.1, -0.05) is 6.92 Å². The molecule has 0 bridgehead atoms. The highest BCUT2D eigenvalue weighted by Gasteiger charge is 2.28. The van der Waals surface area contributed by atoms with Gasteiger partial charge in [0.05, 0.1) is 13.3 Å². The van der Waals surface area contributed by atoms with E-state index < -0.39 is 10.0 Å². The summed E-state index contributed by atoms with van der Waals surface area (Å²) >= 11 is 0. The molecule has 0 amide bonds. The van der Waals surface area contributed by atoms with Crippen molar-refractivity contribution >= 4 is 10.0 Å². The Kier molecular flexibility index (Phi) is 3.87. The molecule has 0 aliphatic carbocycles. The summed E-state index contributed by atoms with van der Waals surface area (Å²) in [6.45, 7) is 3.26. The van der Waals surface area contributed by atoms with Crippen molar-refractivity contribution in [1.82, 2.24) is 9.29 Å².